The Hall–Kier alpha value is 1.54. The molecule has 10 N–H and O–H groups in total. The van der Waals surface area contributed by atoms with Crippen molar-refractivity contribution in [1.29, 1.82) is 0 Å². The molecule has 0 amide bonds. The summed E-state index contributed by atoms with van der Waals surface area (Å²) in [4.78, 5) is 27.2. The number of aliphatic hydroxyl groups is 4. The quantitative estimate of drug-likeness (QED) is 0.191. The van der Waals surface area contributed by atoms with Crippen LogP contribution in [0.3, 0.4) is 0 Å². The van der Waals surface area contributed by atoms with Gasteiger partial charge in [0.15, 0.2) is 5.78 Å². The molecule has 0 aliphatic carbocycles. The number of carbonyl (C=O) groups is 1. The predicted molar refractivity (Wildman–Crippen MR) is 66.8 cm³/mol. The van der Waals surface area contributed by atoms with Gasteiger partial charge in [-0.25, -0.2) is 4.57 Å². The summed E-state index contributed by atoms with van der Waals surface area (Å²) < 4.78 is 14.1. The van der Waals surface area contributed by atoms with Crippen LogP contribution in [0.1, 0.15) is 0 Å². The summed E-state index contributed by atoms with van der Waals surface area (Å²) in [6.45, 7) is -2.01. The van der Waals surface area contributed by atoms with Crippen molar-refractivity contribution >= 4 is 72.7 Å². The van der Waals surface area contributed by atoms with Crippen molar-refractivity contribution in [2.24, 2.45) is 0 Å². The van der Waals surface area contributed by atoms with Crippen molar-refractivity contribution in [2.75, 3.05) is 13.2 Å². The molecule has 0 unspecified atom stereocenters. The Morgan fingerprint density at radius 3 is 1.80 bits per heavy atom. The average molecular weight is 342 g/mol. The summed E-state index contributed by atoms with van der Waals surface area (Å²) in [5, 5.41) is 35.6. The third-order valence-electron chi connectivity index (χ3n) is 1.62. The molecule has 2 radical (unpaired) electrons. The largest absolute Gasteiger partial charge is 0.469 e. The Bertz CT molecular complexity index is 284. The van der Waals surface area contributed by atoms with E-state index >= 15 is 0 Å². The van der Waals surface area contributed by atoms with Crippen LogP contribution in [0.5, 0.6) is 0 Å². The summed E-state index contributed by atoms with van der Waals surface area (Å²) in [6.07, 6.45) is -5.94. The van der Waals surface area contributed by atoms with Crippen molar-refractivity contribution < 1.29 is 55.0 Å². The zero-order chi connectivity index (χ0) is 12.9. The molecule has 0 saturated heterocycles. The fraction of sp³-hybridized carbons (Fsp3) is 0.833. The van der Waals surface area contributed by atoms with E-state index in [0.29, 0.717) is 0 Å². The molecule has 0 aromatic rings. The van der Waals surface area contributed by atoms with Crippen LogP contribution in [-0.4, -0.2) is 138 Å². The van der Waals surface area contributed by atoms with E-state index in [1.54, 1.807) is 0 Å². The average Bonchev–Trinajstić information content (AvgIpc) is 2.21. The second-order valence-electron chi connectivity index (χ2n) is 2.91. The van der Waals surface area contributed by atoms with Crippen molar-refractivity contribution in [3.63, 3.8) is 0 Å². The Morgan fingerprint density at radius 2 is 1.50 bits per heavy atom. The van der Waals surface area contributed by atoms with Gasteiger partial charge in [-0.15, -0.1) is 0 Å². The van der Waals surface area contributed by atoms with Crippen LogP contribution in [0.4, 0.5) is 0 Å². The van der Waals surface area contributed by atoms with Crippen molar-refractivity contribution in [3.8, 4) is 0 Å². The van der Waals surface area contributed by atoms with Gasteiger partial charge in [-0.1, -0.05) is 0 Å². The van der Waals surface area contributed by atoms with Gasteiger partial charge in [-0.05, 0) is 0 Å². The van der Waals surface area contributed by atoms with Crippen LogP contribution in [0.15, 0.2) is 0 Å². The Labute approximate surface area is 158 Å². The molecule has 11 nitrogen and oxygen atoms in total. The standard InChI is InChI=1S/C6H13O9P.2Na.2H2O/c7-1-3(8)5(10)6(11)4(9)2-15-16(12,13)14;;;;/h4-7,9-11H,1-2H2,(H2,12,13,14);;;2*1H2/t4-,5-,6-;;;;/m1..../s1. The van der Waals surface area contributed by atoms with Crippen LogP contribution < -0.4 is 0 Å². The van der Waals surface area contributed by atoms with Crippen molar-refractivity contribution in [2.45, 2.75) is 18.3 Å². The molecule has 20 heavy (non-hydrogen) atoms. The Kier molecular flexibility index (Phi) is 25.6. The molecule has 0 aliphatic rings. The van der Waals surface area contributed by atoms with Gasteiger partial charge in [-0.2, -0.15) is 0 Å². The molecule has 0 fully saturated rings. The van der Waals surface area contributed by atoms with Crippen LogP contribution in [0.2, 0.25) is 0 Å². The number of phosphoric acid groups is 1. The molecule has 0 saturated carbocycles. The Morgan fingerprint density at radius 1 is 1.10 bits per heavy atom. The maximum absolute atomic E-state index is 10.7. The molecule has 0 heterocycles. The molecule has 0 spiro atoms. The number of ketones is 1. The first-order valence-corrected chi connectivity index (χ1v) is 5.60. The zero-order valence-corrected chi connectivity index (χ0v) is 15.9. The smallest absolute Gasteiger partial charge is 0.412 e. The minimum Gasteiger partial charge on any atom is -0.412 e. The number of rotatable bonds is 7. The van der Waals surface area contributed by atoms with Crippen molar-refractivity contribution in [1.82, 2.24) is 0 Å². The molecule has 0 bridgehead atoms. The van der Waals surface area contributed by atoms with Gasteiger partial charge < -0.3 is 41.2 Å². The van der Waals surface area contributed by atoms with E-state index in [4.69, 9.17) is 30.2 Å². The second kappa shape index (κ2) is 15.4. The van der Waals surface area contributed by atoms with Gasteiger partial charge in [0.05, 0.1) is 6.61 Å². The predicted octanol–water partition coefficient (Wildman–Crippen LogP) is -5.67. The molecule has 0 rings (SSSR count). The minimum absolute atomic E-state index is 0. The van der Waals surface area contributed by atoms with Crippen LogP contribution in [-0.2, 0) is 13.9 Å². The minimum atomic E-state index is -4.81. The number of Topliss-reactive ketones (excluding diaryl/α,β-unsaturated/α-hetero) is 1. The second-order valence-corrected chi connectivity index (χ2v) is 4.15. The van der Waals surface area contributed by atoms with E-state index in [-0.39, 0.29) is 70.1 Å². The summed E-state index contributed by atoms with van der Waals surface area (Å²) in [5.41, 5.74) is 0. The first kappa shape index (κ1) is 33.2. The Balaban J connectivity index is -0.000000187. The third kappa shape index (κ3) is 14.5. The number of hydrogen-bond donors (Lipinski definition) is 6. The monoisotopic (exact) mass is 342 g/mol. The zero-order valence-electron chi connectivity index (χ0n) is 11.0. The number of aliphatic hydroxyl groups excluding tert-OH is 4. The summed E-state index contributed by atoms with van der Waals surface area (Å²) in [5.74, 6) is -1.14. The maximum Gasteiger partial charge on any atom is 0.469 e. The first-order valence-electron chi connectivity index (χ1n) is 4.07. The molecule has 0 aromatic carbocycles. The molecule has 0 aliphatic heterocycles. The van der Waals surface area contributed by atoms with E-state index in [1.807, 2.05) is 0 Å². The van der Waals surface area contributed by atoms with Gasteiger partial charge in [0, 0.05) is 59.1 Å². The number of carbonyl (C=O) groups excluding carboxylic acids is 1. The summed E-state index contributed by atoms with van der Waals surface area (Å²) >= 11 is 0. The molecule has 114 valence electrons. The van der Waals surface area contributed by atoms with E-state index in [1.165, 1.54) is 0 Å². The van der Waals surface area contributed by atoms with Gasteiger partial charge in [0.25, 0.3) is 0 Å². The molecule has 14 heteroatoms. The molecular weight excluding hydrogens is 325 g/mol. The van der Waals surface area contributed by atoms with Crippen LogP contribution >= 0.6 is 7.82 Å². The fourth-order valence-electron chi connectivity index (χ4n) is 0.766. The third-order valence-corrected chi connectivity index (χ3v) is 2.10. The topological polar surface area (TPSA) is 228 Å². The fourth-order valence-corrected chi connectivity index (χ4v) is 1.11. The summed E-state index contributed by atoms with van der Waals surface area (Å²) in [7, 11) is -4.81. The normalized spacial score (nSPS) is 14.3. The van der Waals surface area contributed by atoms with Gasteiger partial charge in [-0.3, -0.25) is 9.32 Å². The van der Waals surface area contributed by atoms with Crippen molar-refractivity contribution in [3.05, 3.63) is 0 Å². The van der Waals surface area contributed by atoms with Crippen LogP contribution in [0, 0.1) is 0 Å². The number of hydrogen-bond acceptors (Lipinski definition) is 7. The first-order chi connectivity index (χ1) is 7.19. The van der Waals surface area contributed by atoms with E-state index in [2.05, 4.69) is 4.52 Å². The SMILES string of the molecule is O.O.O=C(CO)[C@@H](O)[C@H](O)[C@H](O)COP(=O)(O)O.[Na].[Na]. The van der Waals surface area contributed by atoms with Gasteiger partial charge in [0.2, 0.25) is 0 Å². The summed E-state index contributed by atoms with van der Waals surface area (Å²) in [6, 6.07) is 0. The molecule has 0 aromatic heterocycles. The molecular formula is C6H17Na2O11P. The van der Waals surface area contributed by atoms with Crippen LogP contribution in [0.25, 0.3) is 0 Å². The number of phosphoric ester groups is 1. The van der Waals surface area contributed by atoms with Gasteiger partial charge in [0.1, 0.15) is 24.9 Å². The van der Waals surface area contributed by atoms with E-state index in [9.17, 15) is 9.36 Å². The van der Waals surface area contributed by atoms with Gasteiger partial charge >= 0.3 is 7.82 Å². The van der Waals surface area contributed by atoms with E-state index in [0.717, 1.165) is 0 Å². The van der Waals surface area contributed by atoms with E-state index < -0.39 is 45.1 Å². The maximum atomic E-state index is 10.7. The molecule has 3 atom stereocenters.